The summed E-state index contributed by atoms with van der Waals surface area (Å²) in [5.74, 6) is -1.41. The van der Waals surface area contributed by atoms with Crippen molar-refractivity contribution >= 4 is 16.7 Å². The maximum absolute atomic E-state index is 11.9. The van der Waals surface area contributed by atoms with Gasteiger partial charge in [0.1, 0.15) is 5.69 Å². The number of fused-ring (bicyclic) bond motifs is 1. The first-order chi connectivity index (χ1) is 8.15. The zero-order valence-electron chi connectivity index (χ0n) is 10.0. The van der Waals surface area contributed by atoms with Gasteiger partial charge >= 0.3 is 35.5 Å². The number of esters is 1. The van der Waals surface area contributed by atoms with Crippen LogP contribution in [-0.4, -0.2) is 22.5 Å². The summed E-state index contributed by atoms with van der Waals surface area (Å²) in [5, 5.41) is 12.2. The zero-order valence-corrected chi connectivity index (χ0v) is 12.0. The number of carbonyl (C=O) groups is 1. The Morgan fingerprint density at radius 2 is 2.22 bits per heavy atom. The Hall–Kier alpha value is -1.37. The smallest absolute Gasteiger partial charge is 0.870 e. The Morgan fingerprint density at radius 1 is 1.50 bits per heavy atom. The van der Waals surface area contributed by atoms with E-state index in [2.05, 4.69) is 14.7 Å². The van der Waals surface area contributed by atoms with Gasteiger partial charge in [0.05, 0.1) is 6.61 Å². The van der Waals surface area contributed by atoms with Crippen LogP contribution in [0.3, 0.4) is 0 Å². The number of hydrogen-bond donors (Lipinski definition) is 1. The molecule has 0 aliphatic heterocycles. The Kier molecular flexibility index (Phi) is 4.89. The molecule has 88 valence electrons. The number of H-pyrrole nitrogens is 1. The first-order valence-electron chi connectivity index (χ1n) is 4.99. The number of nitrogens with zero attached hydrogens (tertiary/aromatic N) is 1. The van der Waals surface area contributed by atoms with E-state index >= 15 is 0 Å². The predicted octanol–water partition coefficient (Wildman–Crippen LogP) is -2.82. The molecule has 2 rings (SSSR count). The summed E-state index contributed by atoms with van der Waals surface area (Å²) in [7, 11) is 0. The molecule has 0 aliphatic carbocycles. The van der Waals surface area contributed by atoms with Crippen molar-refractivity contribution < 1.29 is 44.2 Å². The van der Waals surface area contributed by atoms with E-state index in [0.717, 1.165) is 0 Å². The average Bonchev–Trinajstić information content (AvgIpc) is 2.34. The van der Waals surface area contributed by atoms with E-state index in [1.807, 2.05) is 0 Å². The Balaban J connectivity index is 0.00000162. The van der Waals surface area contributed by atoms with Gasteiger partial charge in [-0.1, -0.05) is 5.75 Å². The molecule has 1 N–H and O–H groups in total. The molecular formula is C11H9N2NaO4. The first-order valence-corrected chi connectivity index (χ1v) is 4.99. The van der Waals surface area contributed by atoms with Gasteiger partial charge in [0.25, 0.3) is 5.56 Å². The van der Waals surface area contributed by atoms with Gasteiger partial charge < -0.3 is 14.8 Å². The quantitative estimate of drug-likeness (QED) is 0.462. The largest absolute Gasteiger partial charge is 1.00 e. The van der Waals surface area contributed by atoms with Crippen LogP contribution in [0.25, 0.3) is 10.8 Å². The summed E-state index contributed by atoms with van der Waals surface area (Å²) in [6.45, 7) is 1.74. The fourth-order valence-electron chi connectivity index (χ4n) is 1.49. The van der Waals surface area contributed by atoms with Crippen LogP contribution in [0.4, 0.5) is 0 Å². The van der Waals surface area contributed by atoms with E-state index in [1.54, 1.807) is 6.92 Å². The summed E-state index contributed by atoms with van der Waals surface area (Å²) >= 11 is 0. The average molecular weight is 256 g/mol. The van der Waals surface area contributed by atoms with Crippen LogP contribution in [0.1, 0.15) is 17.4 Å². The molecule has 0 fully saturated rings. The Bertz CT molecular complexity index is 638. The number of ether oxygens (including phenoxy) is 1. The third-order valence-corrected chi connectivity index (χ3v) is 2.26. The van der Waals surface area contributed by atoms with Gasteiger partial charge in [0.15, 0.2) is 0 Å². The minimum absolute atomic E-state index is 0. The molecule has 0 radical (unpaired) electrons. The second-order valence-corrected chi connectivity index (χ2v) is 3.30. The molecule has 0 atom stereocenters. The van der Waals surface area contributed by atoms with Crippen molar-refractivity contribution in [2.75, 3.05) is 6.61 Å². The first kappa shape index (κ1) is 14.7. The molecule has 0 spiro atoms. The molecule has 0 aromatic carbocycles. The molecule has 0 aliphatic rings. The summed E-state index contributed by atoms with van der Waals surface area (Å²) < 4.78 is 4.68. The number of aromatic amines is 1. The fourth-order valence-corrected chi connectivity index (χ4v) is 1.49. The standard InChI is InChI=1S/C11H10N2O4.Na/c1-2-17-11(16)8-9(14)7-5-12-4-3-6(7)10(15)13-8;/h3-5,14H,2H2,1H3,(H,13,15);/q;+1/p-1. The molecule has 0 amide bonds. The van der Waals surface area contributed by atoms with Crippen LogP contribution in [0.2, 0.25) is 0 Å². The van der Waals surface area contributed by atoms with Crippen LogP contribution >= 0.6 is 0 Å². The molecule has 2 aromatic rings. The van der Waals surface area contributed by atoms with Crippen molar-refractivity contribution in [3.63, 3.8) is 0 Å². The van der Waals surface area contributed by atoms with E-state index < -0.39 is 17.3 Å². The third-order valence-electron chi connectivity index (χ3n) is 2.26. The van der Waals surface area contributed by atoms with Crippen LogP contribution < -0.4 is 40.2 Å². The van der Waals surface area contributed by atoms with Crippen LogP contribution in [0.5, 0.6) is 5.75 Å². The molecule has 0 saturated heterocycles. The number of pyridine rings is 2. The van der Waals surface area contributed by atoms with Crippen molar-refractivity contribution in [1.29, 1.82) is 0 Å². The van der Waals surface area contributed by atoms with E-state index in [4.69, 9.17) is 0 Å². The van der Waals surface area contributed by atoms with Crippen molar-refractivity contribution in [1.82, 2.24) is 9.97 Å². The number of aromatic nitrogens is 2. The molecule has 2 aromatic heterocycles. The van der Waals surface area contributed by atoms with E-state index in [1.165, 1.54) is 18.5 Å². The zero-order chi connectivity index (χ0) is 12.4. The topological polar surface area (TPSA) is 95.1 Å². The molecular weight excluding hydrogens is 247 g/mol. The predicted molar refractivity (Wildman–Crippen MR) is 57.8 cm³/mol. The van der Waals surface area contributed by atoms with Gasteiger partial charge in [0.2, 0.25) is 0 Å². The van der Waals surface area contributed by atoms with Gasteiger partial charge in [-0.2, -0.15) is 0 Å². The van der Waals surface area contributed by atoms with Crippen LogP contribution in [-0.2, 0) is 4.74 Å². The number of hydrogen-bond acceptors (Lipinski definition) is 5. The number of rotatable bonds is 2. The third kappa shape index (κ3) is 2.55. The second-order valence-electron chi connectivity index (χ2n) is 3.30. The van der Waals surface area contributed by atoms with E-state index in [-0.39, 0.29) is 52.6 Å². The fraction of sp³-hybridized carbons (Fsp3) is 0.182. The van der Waals surface area contributed by atoms with E-state index in [0.29, 0.717) is 0 Å². The van der Waals surface area contributed by atoms with Crippen LogP contribution in [0.15, 0.2) is 23.3 Å². The normalized spacial score (nSPS) is 9.83. The Morgan fingerprint density at radius 3 is 2.89 bits per heavy atom. The van der Waals surface area contributed by atoms with Gasteiger partial charge in [-0.05, 0) is 18.4 Å². The van der Waals surface area contributed by atoms with Gasteiger partial charge in [-0.25, -0.2) is 4.79 Å². The molecule has 2 heterocycles. The monoisotopic (exact) mass is 256 g/mol. The number of carbonyl (C=O) groups excluding carboxylic acids is 1. The van der Waals surface area contributed by atoms with E-state index in [9.17, 15) is 14.7 Å². The van der Waals surface area contributed by atoms with Gasteiger partial charge in [-0.15, -0.1) is 0 Å². The van der Waals surface area contributed by atoms with Crippen LogP contribution in [0, 0.1) is 0 Å². The summed E-state index contributed by atoms with van der Waals surface area (Å²) in [4.78, 5) is 29.1. The van der Waals surface area contributed by atoms with Gasteiger partial charge in [0, 0.05) is 17.8 Å². The maximum atomic E-state index is 11.9. The number of nitrogens with one attached hydrogen (secondary N) is 1. The minimum Gasteiger partial charge on any atom is -0.870 e. The molecule has 0 saturated carbocycles. The summed E-state index contributed by atoms with van der Waals surface area (Å²) in [5.41, 5.74) is -0.873. The summed E-state index contributed by atoms with van der Waals surface area (Å²) in [6.07, 6.45) is 2.66. The summed E-state index contributed by atoms with van der Waals surface area (Å²) in [6, 6.07) is 1.42. The van der Waals surface area contributed by atoms with Crippen molar-refractivity contribution in [3.8, 4) is 5.75 Å². The minimum atomic E-state index is -0.833. The molecule has 6 nitrogen and oxygen atoms in total. The van der Waals surface area contributed by atoms with Gasteiger partial charge in [-0.3, -0.25) is 9.78 Å². The van der Waals surface area contributed by atoms with Crippen molar-refractivity contribution in [3.05, 3.63) is 34.5 Å². The molecule has 18 heavy (non-hydrogen) atoms. The maximum Gasteiger partial charge on any atom is 1.00 e. The molecule has 0 unspecified atom stereocenters. The van der Waals surface area contributed by atoms with Crippen molar-refractivity contribution in [2.24, 2.45) is 0 Å². The Labute approximate surface area is 124 Å². The van der Waals surface area contributed by atoms with Crippen molar-refractivity contribution in [2.45, 2.75) is 6.92 Å². The second kappa shape index (κ2) is 5.99. The SMILES string of the molecule is CCOC(=O)c1[nH]c(=O)c2ccncc2c1[O-].[Na+]. The molecule has 0 bridgehead atoms. The molecule has 7 heteroatoms.